The Hall–Kier alpha value is -1.35. The maximum atomic E-state index is 9.00. The van der Waals surface area contributed by atoms with E-state index in [4.69, 9.17) is 9.90 Å². The minimum atomic E-state index is -0.833. The van der Waals surface area contributed by atoms with Gasteiger partial charge in [-0.2, -0.15) is 0 Å². The van der Waals surface area contributed by atoms with E-state index in [0.29, 0.717) is 0 Å². The van der Waals surface area contributed by atoms with Crippen molar-refractivity contribution in [3.63, 3.8) is 0 Å². The van der Waals surface area contributed by atoms with Gasteiger partial charge in [-0.05, 0) is 31.4 Å². The van der Waals surface area contributed by atoms with Crippen LogP contribution in [0, 0.1) is 0 Å². The molecule has 1 aliphatic rings. The summed E-state index contributed by atoms with van der Waals surface area (Å²) in [7, 11) is 0. The Labute approximate surface area is 103 Å². The van der Waals surface area contributed by atoms with Gasteiger partial charge in [0.1, 0.15) is 0 Å². The SMILES string of the molecule is CC(=O)O.c1ccc(CC2CCCCN2)cc1. The Morgan fingerprint density at radius 1 is 1.35 bits per heavy atom. The van der Waals surface area contributed by atoms with E-state index < -0.39 is 5.97 Å². The molecule has 0 saturated carbocycles. The summed E-state index contributed by atoms with van der Waals surface area (Å²) < 4.78 is 0. The molecule has 1 heterocycles. The van der Waals surface area contributed by atoms with Crippen molar-refractivity contribution in [3.05, 3.63) is 35.9 Å². The molecule has 1 saturated heterocycles. The third kappa shape index (κ3) is 6.74. The molecule has 0 spiro atoms. The van der Waals surface area contributed by atoms with E-state index in [-0.39, 0.29) is 0 Å². The standard InChI is InChI=1S/C12H17N.C2H4O2/c1-2-6-11(7-3-1)10-12-8-4-5-9-13-12;1-2(3)4/h1-3,6-7,12-13H,4-5,8-10H2;1H3,(H,3,4). The zero-order valence-electron chi connectivity index (χ0n) is 10.4. The lowest BCUT2D eigenvalue weighted by Crippen LogP contribution is -2.35. The quantitative estimate of drug-likeness (QED) is 0.828. The maximum Gasteiger partial charge on any atom is 0.300 e. The minimum absolute atomic E-state index is 0.719. The number of carboxylic acids is 1. The Balaban J connectivity index is 0.000000317. The summed E-state index contributed by atoms with van der Waals surface area (Å²) >= 11 is 0. The van der Waals surface area contributed by atoms with Crippen molar-refractivity contribution in [1.82, 2.24) is 5.32 Å². The maximum absolute atomic E-state index is 9.00. The van der Waals surface area contributed by atoms with Gasteiger partial charge in [-0.25, -0.2) is 0 Å². The van der Waals surface area contributed by atoms with Gasteiger partial charge < -0.3 is 10.4 Å². The summed E-state index contributed by atoms with van der Waals surface area (Å²) in [4.78, 5) is 9.00. The van der Waals surface area contributed by atoms with Crippen molar-refractivity contribution < 1.29 is 9.90 Å². The molecule has 2 N–H and O–H groups in total. The lowest BCUT2D eigenvalue weighted by Gasteiger charge is -2.23. The van der Waals surface area contributed by atoms with Crippen LogP contribution in [0.25, 0.3) is 0 Å². The molecule has 3 heteroatoms. The molecule has 1 fully saturated rings. The molecule has 1 aliphatic heterocycles. The third-order valence-corrected chi connectivity index (χ3v) is 2.74. The van der Waals surface area contributed by atoms with Crippen LogP contribution in [0.2, 0.25) is 0 Å². The zero-order chi connectivity index (χ0) is 12.5. The normalized spacial score (nSPS) is 19.0. The zero-order valence-corrected chi connectivity index (χ0v) is 10.4. The lowest BCUT2D eigenvalue weighted by molar-refractivity contribution is -0.134. The number of carboxylic acid groups (broad SMARTS) is 1. The van der Waals surface area contributed by atoms with Crippen LogP contribution >= 0.6 is 0 Å². The van der Waals surface area contributed by atoms with E-state index >= 15 is 0 Å². The number of nitrogens with one attached hydrogen (secondary N) is 1. The van der Waals surface area contributed by atoms with Crippen molar-refractivity contribution in [3.8, 4) is 0 Å². The van der Waals surface area contributed by atoms with Crippen LogP contribution in [0.1, 0.15) is 31.7 Å². The fourth-order valence-corrected chi connectivity index (χ4v) is 2.00. The first-order chi connectivity index (χ1) is 8.18. The number of piperidine rings is 1. The molecule has 1 aromatic rings. The molecule has 1 aromatic carbocycles. The van der Waals surface area contributed by atoms with Crippen LogP contribution in [-0.4, -0.2) is 23.7 Å². The highest BCUT2D eigenvalue weighted by Gasteiger charge is 2.12. The molecular formula is C14H21NO2. The van der Waals surface area contributed by atoms with E-state index in [2.05, 4.69) is 35.6 Å². The Bertz CT molecular complexity index is 314. The largest absolute Gasteiger partial charge is 0.481 e. The second kappa shape index (κ2) is 7.85. The Kier molecular flexibility index (Phi) is 6.33. The molecule has 0 aliphatic carbocycles. The molecule has 0 amide bonds. The first-order valence-electron chi connectivity index (χ1n) is 6.15. The number of hydrogen-bond acceptors (Lipinski definition) is 2. The van der Waals surface area contributed by atoms with Crippen molar-refractivity contribution >= 4 is 5.97 Å². The van der Waals surface area contributed by atoms with Crippen molar-refractivity contribution in [1.29, 1.82) is 0 Å². The Morgan fingerprint density at radius 3 is 2.53 bits per heavy atom. The summed E-state index contributed by atoms with van der Waals surface area (Å²) in [5.41, 5.74) is 1.46. The van der Waals surface area contributed by atoms with Crippen LogP contribution in [0.3, 0.4) is 0 Å². The summed E-state index contributed by atoms with van der Waals surface area (Å²) in [5.74, 6) is -0.833. The molecule has 0 bridgehead atoms. The van der Waals surface area contributed by atoms with Gasteiger partial charge in [-0.1, -0.05) is 36.8 Å². The predicted octanol–water partition coefficient (Wildman–Crippen LogP) is 2.46. The van der Waals surface area contributed by atoms with Crippen LogP contribution in [0.5, 0.6) is 0 Å². The molecule has 1 unspecified atom stereocenters. The van der Waals surface area contributed by atoms with E-state index in [1.165, 1.54) is 37.8 Å². The lowest BCUT2D eigenvalue weighted by atomic mass is 9.98. The van der Waals surface area contributed by atoms with Crippen LogP contribution in [0.15, 0.2) is 30.3 Å². The fourth-order valence-electron chi connectivity index (χ4n) is 2.00. The first-order valence-corrected chi connectivity index (χ1v) is 6.15. The molecule has 3 nitrogen and oxygen atoms in total. The van der Waals surface area contributed by atoms with Crippen molar-refractivity contribution in [2.45, 2.75) is 38.6 Å². The summed E-state index contributed by atoms with van der Waals surface area (Å²) in [6, 6.07) is 11.5. The summed E-state index contributed by atoms with van der Waals surface area (Å²) in [5, 5.41) is 11.0. The molecule has 0 aromatic heterocycles. The second-order valence-corrected chi connectivity index (χ2v) is 4.36. The van der Waals surface area contributed by atoms with E-state index in [0.717, 1.165) is 13.0 Å². The van der Waals surface area contributed by atoms with Gasteiger partial charge in [-0.3, -0.25) is 4.79 Å². The monoisotopic (exact) mass is 235 g/mol. The molecular weight excluding hydrogens is 214 g/mol. The smallest absolute Gasteiger partial charge is 0.300 e. The van der Waals surface area contributed by atoms with Gasteiger partial charge in [0, 0.05) is 13.0 Å². The molecule has 17 heavy (non-hydrogen) atoms. The fraction of sp³-hybridized carbons (Fsp3) is 0.500. The number of aliphatic carboxylic acids is 1. The van der Waals surface area contributed by atoms with Crippen LogP contribution < -0.4 is 5.32 Å². The average Bonchev–Trinajstić information content (AvgIpc) is 2.31. The van der Waals surface area contributed by atoms with E-state index in [9.17, 15) is 0 Å². The van der Waals surface area contributed by atoms with Crippen molar-refractivity contribution in [2.24, 2.45) is 0 Å². The highest BCUT2D eigenvalue weighted by molar-refractivity contribution is 5.62. The number of carbonyl (C=O) groups is 1. The third-order valence-electron chi connectivity index (χ3n) is 2.74. The highest BCUT2D eigenvalue weighted by Crippen LogP contribution is 2.12. The second-order valence-electron chi connectivity index (χ2n) is 4.36. The number of benzene rings is 1. The predicted molar refractivity (Wildman–Crippen MR) is 69.1 cm³/mol. The van der Waals surface area contributed by atoms with E-state index in [1.807, 2.05) is 0 Å². The van der Waals surface area contributed by atoms with Gasteiger partial charge in [0.25, 0.3) is 5.97 Å². The summed E-state index contributed by atoms with van der Waals surface area (Å²) in [6.07, 6.45) is 5.28. The van der Waals surface area contributed by atoms with E-state index in [1.54, 1.807) is 0 Å². The Morgan fingerprint density at radius 2 is 2.00 bits per heavy atom. The molecule has 2 rings (SSSR count). The van der Waals surface area contributed by atoms with Gasteiger partial charge >= 0.3 is 0 Å². The van der Waals surface area contributed by atoms with Crippen molar-refractivity contribution in [2.75, 3.05) is 6.54 Å². The molecule has 94 valence electrons. The van der Waals surface area contributed by atoms with Gasteiger partial charge in [0.05, 0.1) is 0 Å². The number of hydrogen-bond donors (Lipinski definition) is 2. The van der Waals surface area contributed by atoms with Crippen LogP contribution in [-0.2, 0) is 11.2 Å². The minimum Gasteiger partial charge on any atom is -0.481 e. The number of rotatable bonds is 2. The molecule has 0 radical (unpaired) electrons. The summed E-state index contributed by atoms with van der Waals surface area (Å²) in [6.45, 7) is 2.29. The first kappa shape index (κ1) is 13.7. The highest BCUT2D eigenvalue weighted by atomic mass is 16.4. The van der Waals surface area contributed by atoms with Gasteiger partial charge in [0.2, 0.25) is 0 Å². The van der Waals surface area contributed by atoms with Gasteiger partial charge in [-0.15, -0.1) is 0 Å². The topological polar surface area (TPSA) is 49.3 Å². The average molecular weight is 235 g/mol. The van der Waals surface area contributed by atoms with Gasteiger partial charge in [0.15, 0.2) is 0 Å². The molecule has 1 atom stereocenters. The van der Waals surface area contributed by atoms with Crippen LogP contribution in [0.4, 0.5) is 0 Å².